The minimum absolute atomic E-state index is 0.0935. The molecule has 1 saturated heterocycles. The van der Waals surface area contributed by atoms with Gasteiger partial charge in [-0.15, -0.1) is 0 Å². The zero-order valence-electron chi connectivity index (χ0n) is 14.8. The van der Waals surface area contributed by atoms with E-state index < -0.39 is 21.9 Å². The van der Waals surface area contributed by atoms with Crippen molar-refractivity contribution in [3.63, 3.8) is 0 Å². The molecule has 8 nitrogen and oxygen atoms in total. The van der Waals surface area contributed by atoms with Crippen LogP contribution in [-0.4, -0.2) is 50.1 Å². The number of benzene rings is 1. The number of anilines is 1. The molecule has 1 heterocycles. The number of nitrogens with zero attached hydrogens (tertiary/aromatic N) is 1. The lowest BCUT2D eigenvalue weighted by Crippen LogP contribution is -2.42. The van der Waals surface area contributed by atoms with Crippen molar-refractivity contribution >= 4 is 27.7 Å². The van der Waals surface area contributed by atoms with Gasteiger partial charge in [0.25, 0.3) is 0 Å². The van der Waals surface area contributed by atoms with Gasteiger partial charge in [-0.25, -0.2) is 17.9 Å². The van der Waals surface area contributed by atoms with Crippen LogP contribution < -0.4 is 10.0 Å². The van der Waals surface area contributed by atoms with E-state index in [2.05, 4.69) is 10.0 Å². The Bertz CT molecular complexity index is 743. The minimum atomic E-state index is -3.61. The molecule has 1 aliphatic heterocycles. The first kappa shape index (κ1) is 20.2. The van der Waals surface area contributed by atoms with Gasteiger partial charge in [0.1, 0.15) is 0 Å². The number of nitrogens with one attached hydrogen (secondary N) is 2. The minimum Gasteiger partial charge on any atom is -0.481 e. The summed E-state index contributed by atoms with van der Waals surface area (Å²) >= 11 is 0. The van der Waals surface area contributed by atoms with Crippen molar-refractivity contribution in [3.05, 3.63) is 24.3 Å². The number of amides is 2. The Balaban J connectivity index is 1.98. The van der Waals surface area contributed by atoms with Crippen LogP contribution in [0, 0.1) is 5.92 Å². The molecular weight excluding hydrogens is 358 g/mol. The molecule has 1 aliphatic rings. The third kappa shape index (κ3) is 5.43. The number of likely N-dealkylation sites (tertiary alicyclic amines) is 1. The fraction of sp³-hybridized carbons (Fsp3) is 0.529. The summed E-state index contributed by atoms with van der Waals surface area (Å²) in [5, 5.41) is 11.7. The summed E-state index contributed by atoms with van der Waals surface area (Å²) in [5.41, 5.74) is 0.383. The maximum Gasteiger partial charge on any atom is 0.321 e. The van der Waals surface area contributed by atoms with E-state index in [0.717, 1.165) is 12.8 Å². The summed E-state index contributed by atoms with van der Waals surface area (Å²) in [6, 6.07) is 5.72. The number of carboxylic acid groups (broad SMARTS) is 1. The summed E-state index contributed by atoms with van der Waals surface area (Å²) in [6.45, 7) is 3.07. The molecule has 0 unspecified atom stereocenters. The molecule has 3 N–H and O–H groups in total. The molecule has 0 saturated carbocycles. The first-order valence-corrected chi connectivity index (χ1v) is 10.2. The van der Waals surface area contributed by atoms with Crippen LogP contribution in [-0.2, 0) is 14.8 Å². The molecule has 0 spiro atoms. The number of unbranched alkanes of at least 4 members (excludes halogenated alkanes) is 1. The summed E-state index contributed by atoms with van der Waals surface area (Å²) in [6.07, 6.45) is 2.47. The summed E-state index contributed by atoms with van der Waals surface area (Å²) < 4.78 is 27.0. The van der Waals surface area contributed by atoms with Crippen LogP contribution >= 0.6 is 0 Å². The number of hydrogen-bond donors (Lipinski definition) is 3. The van der Waals surface area contributed by atoms with Gasteiger partial charge >= 0.3 is 12.0 Å². The van der Waals surface area contributed by atoms with Crippen LogP contribution in [0.15, 0.2) is 29.2 Å². The molecule has 144 valence electrons. The predicted molar refractivity (Wildman–Crippen MR) is 97.5 cm³/mol. The quantitative estimate of drug-likeness (QED) is 0.624. The molecular formula is C17H25N3O5S. The topological polar surface area (TPSA) is 116 Å². The second-order valence-electron chi connectivity index (χ2n) is 6.31. The summed E-state index contributed by atoms with van der Waals surface area (Å²) in [5.74, 6) is -1.25. The fourth-order valence-corrected chi connectivity index (χ4v) is 3.86. The van der Waals surface area contributed by atoms with E-state index in [4.69, 9.17) is 5.11 Å². The van der Waals surface area contributed by atoms with Gasteiger partial charge in [-0.3, -0.25) is 4.79 Å². The number of urea groups is 1. The van der Waals surface area contributed by atoms with Gasteiger partial charge in [-0.1, -0.05) is 19.4 Å². The Morgan fingerprint density at radius 2 is 1.96 bits per heavy atom. The predicted octanol–water partition coefficient (Wildman–Crippen LogP) is 2.09. The molecule has 1 aromatic rings. The maximum atomic E-state index is 12.3. The van der Waals surface area contributed by atoms with Crippen LogP contribution in [0.4, 0.5) is 10.5 Å². The zero-order valence-corrected chi connectivity index (χ0v) is 15.6. The average Bonchev–Trinajstić information content (AvgIpc) is 2.62. The smallest absolute Gasteiger partial charge is 0.321 e. The van der Waals surface area contributed by atoms with Gasteiger partial charge < -0.3 is 15.3 Å². The summed E-state index contributed by atoms with van der Waals surface area (Å²) in [4.78, 5) is 24.9. The highest BCUT2D eigenvalue weighted by molar-refractivity contribution is 7.89. The number of carbonyl (C=O) groups is 2. The van der Waals surface area contributed by atoms with Crippen LogP contribution in [0.3, 0.4) is 0 Å². The van der Waals surface area contributed by atoms with E-state index in [0.29, 0.717) is 38.2 Å². The number of sulfonamides is 1. The monoisotopic (exact) mass is 383 g/mol. The number of hydrogen-bond acceptors (Lipinski definition) is 4. The molecule has 0 radical (unpaired) electrons. The van der Waals surface area contributed by atoms with Crippen molar-refractivity contribution in [1.29, 1.82) is 0 Å². The van der Waals surface area contributed by atoms with E-state index >= 15 is 0 Å². The first-order valence-electron chi connectivity index (χ1n) is 8.72. The molecule has 0 aromatic heterocycles. The van der Waals surface area contributed by atoms with Crippen LogP contribution in [0.1, 0.15) is 32.6 Å². The molecule has 2 amide bonds. The van der Waals surface area contributed by atoms with Crippen LogP contribution in [0.25, 0.3) is 0 Å². The lowest BCUT2D eigenvalue weighted by atomic mass is 9.97. The van der Waals surface area contributed by atoms with Gasteiger partial charge in [0.05, 0.1) is 10.8 Å². The number of piperidine rings is 1. The van der Waals surface area contributed by atoms with E-state index in [1.54, 1.807) is 17.0 Å². The number of rotatable bonds is 7. The Morgan fingerprint density at radius 1 is 1.27 bits per heavy atom. The van der Waals surface area contributed by atoms with Gasteiger partial charge in [-0.05, 0) is 37.5 Å². The van der Waals surface area contributed by atoms with Crippen molar-refractivity contribution in [1.82, 2.24) is 9.62 Å². The van der Waals surface area contributed by atoms with Crippen molar-refractivity contribution < 1.29 is 23.1 Å². The highest BCUT2D eigenvalue weighted by Gasteiger charge is 2.27. The van der Waals surface area contributed by atoms with E-state index in [9.17, 15) is 18.0 Å². The third-order valence-corrected chi connectivity index (χ3v) is 5.81. The Hall–Kier alpha value is -2.13. The summed E-state index contributed by atoms with van der Waals surface area (Å²) in [7, 11) is -3.61. The zero-order chi connectivity index (χ0) is 19.2. The molecule has 26 heavy (non-hydrogen) atoms. The van der Waals surface area contributed by atoms with E-state index in [-0.39, 0.29) is 10.9 Å². The molecule has 9 heteroatoms. The maximum absolute atomic E-state index is 12.3. The Kier molecular flexibility index (Phi) is 6.98. The lowest BCUT2D eigenvalue weighted by molar-refractivity contribution is -0.143. The third-order valence-electron chi connectivity index (χ3n) is 4.35. The highest BCUT2D eigenvalue weighted by Crippen LogP contribution is 2.20. The fourth-order valence-electron chi connectivity index (χ4n) is 2.74. The number of carbonyl (C=O) groups excluding carboxylic acids is 1. The van der Waals surface area contributed by atoms with Crippen LogP contribution in [0.5, 0.6) is 0 Å². The van der Waals surface area contributed by atoms with Gasteiger partial charge in [-0.2, -0.15) is 0 Å². The SMILES string of the molecule is CCCCNS(=O)(=O)c1cccc(NC(=O)N2CCC(C(=O)O)CC2)c1. The van der Waals surface area contributed by atoms with Gasteiger partial charge in [0.2, 0.25) is 10.0 Å². The average molecular weight is 383 g/mol. The Morgan fingerprint density at radius 3 is 2.58 bits per heavy atom. The molecule has 0 aliphatic carbocycles. The van der Waals surface area contributed by atoms with Crippen molar-refractivity contribution in [2.45, 2.75) is 37.5 Å². The first-order chi connectivity index (χ1) is 12.3. The molecule has 2 rings (SSSR count). The van der Waals surface area contributed by atoms with E-state index in [1.807, 2.05) is 6.92 Å². The second kappa shape index (κ2) is 9.00. The highest BCUT2D eigenvalue weighted by atomic mass is 32.2. The number of carboxylic acids is 1. The normalized spacial score (nSPS) is 15.7. The largest absolute Gasteiger partial charge is 0.481 e. The van der Waals surface area contributed by atoms with E-state index in [1.165, 1.54) is 12.1 Å². The van der Waals surface area contributed by atoms with Gasteiger partial charge in [0, 0.05) is 25.3 Å². The molecule has 1 aromatic carbocycles. The van der Waals surface area contributed by atoms with Gasteiger partial charge in [0.15, 0.2) is 0 Å². The lowest BCUT2D eigenvalue weighted by Gasteiger charge is -2.30. The van der Waals surface area contributed by atoms with Crippen molar-refractivity contribution in [2.75, 3.05) is 25.0 Å². The molecule has 1 fully saturated rings. The second-order valence-corrected chi connectivity index (χ2v) is 8.08. The van der Waals surface area contributed by atoms with Crippen molar-refractivity contribution in [2.24, 2.45) is 5.92 Å². The van der Waals surface area contributed by atoms with Crippen LogP contribution in [0.2, 0.25) is 0 Å². The standard InChI is InChI=1S/C17H25N3O5S/c1-2-3-9-18-26(24,25)15-6-4-5-14(12-15)19-17(23)20-10-7-13(8-11-20)16(21)22/h4-6,12-13,18H,2-3,7-11H2,1H3,(H,19,23)(H,21,22). The molecule has 0 atom stereocenters. The number of aliphatic carboxylic acids is 1. The molecule has 0 bridgehead atoms. The Labute approximate surface area is 153 Å². The van der Waals surface area contributed by atoms with Crippen molar-refractivity contribution in [3.8, 4) is 0 Å².